The number of aromatic nitrogens is 2. The van der Waals surface area contributed by atoms with Crippen molar-refractivity contribution in [1.29, 1.82) is 0 Å². The van der Waals surface area contributed by atoms with E-state index in [1.165, 1.54) is 30.0 Å². The van der Waals surface area contributed by atoms with Crippen molar-refractivity contribution >= 4 is 23.4 Å². The summed E-state index contributed by atoms with van der Waals surface area (Å²) in [6.07, 6.45) is -2.44. The number of carbonyl (C=O) groups is 1. The highest BCUT2D eigenvalue weighted by molar-refractivity contribution is 8.00. The maximum atomic E-state index is 13.3. The second-order valence-electron chi connectivity index (χ2n) is 8.13. The van der Waals surface area contributed by atoms with Crippen molar-refractivity contribution in [3.05, 3.63) is 41.2 Å². The predicted octanol–water partition coefficient (Wildman–Crippen LogP) is 5.45. The zero-order valence-electron chi connectivity index (χ0n) is 18.1. The summed E-state index contributed by atoms with van der Waals surface area (Å²) in [5.41, 5.74) is 0.776. The molecular weight excluding hydrogens is 427 g/mol. The van der Waals surface area contributed by atoms with Crippen LogP contribution in [-0.2, 0) is 22.3 Å². The minimum Gasteiger partial charge on any atom is -0.376 e. The van der Waals surface area contributed by atoms with Gasteiger partial charge in [0.15, 0.2) is 5.16 Å². The van der Waals surface area contributed by atoms with Crippen LogP contribution < -0.4 is 5.32 Å². The number of alkyl halides is 3. The lowest BCUT2D eigenvalue weighted by Gasteiger charge is -2.22. The van der Waals surface area contributed by atoms with Crippen molar-refractivity contribution in [2.45, 2.75) is 69.8 Å². The van der Waals surface area contributed by atoms with Gasteiger partial charge in [0.25, 0.3) is 0 Å². The third kappa shape index (κ3) is 5.63. The molecule has 1 amide bonds. The number of nitrogens with zero attached hydrogens (tertiary/aromatic N) is 2. The Labute approximate surface area is 184 Å². The number of rotatable bonds is 7. The predicted molar refractivity (Wildman–Crippen MR) is 115 cm³/mol. The van der Waals surface area contributed by atoms with Gasteiger partial charge in [0.2, 0.25) is 5.91 Å². The van der Waals surface area contributed by atoms with Crippen LogP contribution in [0.3, 0.4) is 0 Å². The summed E-state index contributed by atoms with van der Waals surface area (Å²) < 4.78 is 47.8. The Morgan fingerprint density at radius 1 is 1.32 bits per heavy atom. The van der Waals surface area contributed by atoms with E-state index in [9.17, 15) is 18.0 Å². The molecule has 1 fully saturated rings. The van der Waals surface area contributed by atoms with Gasteiger partial charge in [0, 0.05) is 12.3 Å². The van der Waals surface area contributed by atoms with Crippen LogP contribution in [0.2, 0.25) is 0 Å². The fourth-order valence-corrected chi connectivity index (χ4v) is 4.76. The highest BCUT2D eigenvalue weighted by Crippen LogP contribution is 2.36. The lowest BCUT2D eigenvalue weighted by molar-refractivity contribution is -0.137. The number of halogens is 3. The highest BCUT2D eigenvalue weighted by atomic mass is 32.2. The van der Waals surface area contributed by atoms with Gasteiger partial charge < -0.3 is 14.6 Å². The molecule has 0 bridgehead atoms. The average molecular weight is 456 g/mol. The molecule has 1 aliphatic heterocycles. The molecule has 31 heavy (non-hydrogen) atoms. The van der Waals surface area contributed by atoms with Crippen molar-refractivity contribution in [1.82, 2.24) is 9.55 Å². The number of nitrogens with one attached hydrogen (secondary N) is 1. The molecule has 1 aromatic heterocycles. The van der Waals surface area contributed by atoms with E-state index in [1.54, 1.807) is 0 Å². The number of thioether (sulfide) groups is 1. The largest absolute Gasteiger partial charge is 0.418 e. The molecular formula is C22H28F3N3O2S. The Balaban J connectivity index is 1.82. The number of aryl methyl sites for hydroxylation is 1. The van der Waals surface area contributed by atoms with E-state index in [1.807, 2.05) is 27.7 Å². The molecule has 0 aliphatic carbocycles. The number of benzene rings is 1. The SMILES string of the molecule is Cc1nc(SC(C(=O)Nc2ccccc2C(F)(F)F)C(C)C)n(CC2CCCO2)c1C. The van der Waals surface area contributed by atoms with Gasteiger partial charge in [0.1, 0.15) is 0 Å². The summed E-state index contributed by atoms with van der Waals surface area (Å²) >= 11 is 1.29. The molecule has 9 heteroatoms. The fourth-order valence-electron chi connectivity index (χ4n) is 3.57. The van der Waals surface area contributed by atoms with Crippen LogP contribution in [-0.4, -0.2) is 33.4 Å². The molecule has 2 unspecified atom stereocenters. The fraction of sp³-hybridized carbons (Fsp3) is 0.545. The molecule has 1 N–H and O–H groups in total. The number of hydrogen-bond acceptors (Lipinski definition) is 4. The van der Waals surface area contributed by atoms with Gasteiger partial charge in [0.05, 0.1) is 34.8 Å². The first-order valence-corrected chi connectivity index (χ1v) is 11.2. The first kappa shape index (κ1) is 23.7. The third-order valence-electron chi connectivity index (χ3n) is 5.42. The molecule has 0 radical (unpaired) electrons. The molecule has 2 aromatic rings. The summed E-state index contributed by atoms with van der Waals surface area (Å²) in [4.78, 5) is 17.7. The number of anilines is 1. The standard InChI is InChI=1S/C22H28F3N3O2S/c1-13(2)19(20(29)27-18-10-6-5-9-17(18)22(23,24)25)31-21-26-14(3)15(4)28(21)12-16-8-7-11-30-16/h5-6,9-10,13,16,19H,7-8,11-12H2,1-4H3,(H,27,29). The maximum absolute atomic E-state index is 13.3. The van der Waals surface area contributed by atoms with Crippen LogP contribution in [0.4, 0.5) is 18.9 Å². The Bertz CT molecular complexity index is 921. The molecule has 2 atom stereocenters. The van der Waals surface area contributed by atoms with Crippen LogP contribution in [0.25, 0.3) is 0 Å². The smallest absolute Gasteiger partial charge is 0.376 e. The van der Waals surface area contributed by atoms with Crippen molar-refractivity contribution in [2.75, 3.05) is 11.9 Å². The summed E-state index contributed by atoms with van der Waals surface area (Å²) in [7, 11) is 0. The Morgan fingerprint density at radius 2 is 2.03 bits per heavy atom. The molecule has 3 rings (SSSR count). The molecule has 0 saturated carbocycles. The molecule has 170 valence electrons. The Morgan fingerprint density at radius 3 is 2.65 bits per heavy atom. The normalized spacial score (nSPS) is 17.9. The van der Waals surface area contributed by atoms with Crippen LogP contribution in [0.5, 0.6) is 0 Å². The lowest BCUT2D eigenvalue weighted by Crippen LogP contribution is -2.31. The summed E-state index contributed by atoms with van der Waals surface area (Å²) in [5.74, 6) is -0.588. The molecule has 1 saturated heterocycles. The minimum absolute atomic E-state index is 0.108. The van der Waals surface area contributed by atoms with Crippen LogP contribution in [0.1, 0.15) is 43.6 Å². The van der Waals surface area contributed by atoms with Gasteiger partial charge in [-0.25, -0.2) is 4.98 Å². The monoisotopic (exact) mass is 455 g/mol. The topological polar surface area (TPSA) is 56.2 Å². The molecule has 1 aromatic carbocycles. The molecule has 1 aliphatic rings. The van der Waals surface area contributed by atoms with E-state index in [0.717, 1.165) is 36.9 Å². The Kier molecular flexibility index (Phi) is 7.36. The summed E-state index contributed by atoms with van der Waals surface area (Å²) in [5, 5.41) is 2.57. The minimum atomic E-state index is -4.55. The number of carbonyl (C=O) groups excluding carboxylic acids is 1. The first-order valence-electron chi connectivity index (χ1n) is 10.4. The van der Waals surface area contributed by atoms with Crippen molar-refractivity contribution in [3.8, 4) is 0 Å². The zero-order valence-corrected chi connectivity index (χ0v) is 18.9. The van der Waals surface area contributed by atoms with Gasteiger partial charge in [-0.1, -0.05) is 37.7 Å². The average Bonchev–Trinajstić information content (AvgIpc) is 3.29. The maximum Gasteiger partial charge on any atom is 0.418 e. The van der Waals surface area contributed by atoms with E-state index in [2.05, 4.69) is 14.9 Å². The first-order chi connectivity index (χ1) is 14.6. The quantitative estimate of drug-likeness (QED) is 0.564. The van der Waals surface area contributed by atoms with Crippen LogP contribution in [0.15, 0.2) is 29.4 Å². The lowest BCUT2D eigenvalue weighted by atomic mass is 10.1. The number of para-hydroxylation sites is 1. The molecule has 2 heterocycles. The number of imidazole rings is 1. The summed E-state index contributed by atoms with van der Waals surface area (Å²) in [6.45, 7) is 9.04. The van der Waals surface area contributed by atoms with Gasteiger partial charge >= 0.3 is 6.18 Å². The van der Waals surface area contributed by atoms with E-state index in [4.69, 9.17) is 4.74 Å². The highest BCUT2D eigenvalue weighted by Gasteiger charge is 2.35. The van der Waals surface area contributed by atoms with E-state index < -0.39 is 22.9 Å². The van der Waals surface area contributed by atoms with Gasteiger partial charge in [-0.3, -0.25) is 4.79 Å². The zero-order chi connectivity index (χ0) is 22.8. The summed E-state index contributed by atoms with van der Waals surface area (Å²) in [6, 6.07) is 5.02. The third-order valence-corrected chi connectivity index (χ3v) is 6.95. The van der Waals surface area contributed by atoms with Crippen molar-refractivity contribution in [2.24, 2.45) is 5.92 Å². The van der Waals surface area contributed by atoms with E-state index in [-0.39, 0.29) is 17.7 Å². The molecule has 5 nitrogen and oxygen atoms in total. The molecule has 0 spiro atoms. The van der Waals surface area contributed by atoms with Crippen LogP contribution >= 0.6 is 11.8 Å². The number of amides is 1. The number of hydrogen-bond donors (Lipinski definition) is 1. The van der Waals surface area contributed by atoms with Gasteiger partial charge in [-0.15, -0.1) is 0 Å². The van der Waals surface area contributed by atoms with E-state index >= 15 is 0 Å². The van der Waals surface area contributed by atoms with Crippen LogP contribution in [0, 0.1) is 19.8 Å². The van der Waals surface area contributed by atoms with Gasteiger partial charge in [-0.05, 0) is 44.7 Å². The van der Waals surface area contributed by atoms with Gasteiger partial charge in [-0.2, -0.15) is 13.2 Å². The second kappa shape index (κ2) is 9.65. The Hall–Kier alpha value is -2.00. The van der Waals surface area contributed by atoms with Crippen molar-refractivity contribution in [3.63, 3.8) is 0 Å². The van der Waals surface area contributed by atoms with Crippen molar-refractivity contribution < 1.29 is 22.7 Å². The second-order valence-corrected chi connectivity index (χ2v) is 9.23. The van der Waals surface area contributed by atoms with E-state index in [0.29, 0.717) is 11.7 Å². The number of ether oxygens (including phenoxy) is 1.